The van der Waals surface area contributed by atoms with Gasteiger partial charge in [0, 0.05) is 25.7 Å². The molecule has 1 aliphatic rings. The van der Waals surface area contributed by atoms with E-state index in [0.717, 1.165) is 44.5 Å². The maximum atomic E-state index is 4.27. The monoisotopic (exact) mass is 237 g/mol. The Morgan fingerprint density at radius 2 is 2.35 bits per heavy atom. The Hall–Kier alpha value is -0.940. The number of rotatable bonds is 8. The number of hydrogen-bond acceptors (Lipinski definition) is 4. The van der Waals surface area contributed by atoms with Crippen LogP contribution in [-0.2, 0) is 13.1 Å². The third-order valence-corrected chi connectivity index (χ3v) is 3.23. The molecule has 17 heavy (non-hydrogen) atoms. The molecule has 0 amide bonds. The van der Waals surface area contributed by atoms with Crippen LogP contribution >= 0.6 is 0 Å². The van der Waals surface area contributed by atoms with E-state index in [1.807, 2.05) is 4.68 Å². The normalized spacial score (nSPS) is 15.7. The van der Waals surface area contributed by atoms with Crippen LogP contribution in [0.15, 0.2) is 6.33 Å². The highest BCUT2D eigenvalue weighted by atomic mass is 15.3. The van der Waals surface area contributed by atoms with Gasteiger partial charge in [0.2, 0.25) is 0 Å². The first-order valence-electron chi connectivity index (χ1n) is 6.59. The van der Waals surface area contributed by atoms with Gasteiger partial charge >= 0.3 is 0 Å². The van der Waals surface area contributed by atoms with Crippen LogP contribution in [0.1, 0.15) is 32.0 Å². The molecule has 0 unspecified atom stereocenters. The minimum absolute atomic E-state index is 0.818. The highest BCUT2D eigenvalue weighted by molar-refractivity contribution is 4.85. The standard InChI is InChI=1S/C12H23N5/c1-3-7-17-12(14-10-15-17)9-13-6-8-16(2)11-4-5-11/h10-11,13H,3-9H2,1-2H3. The summed E-state index contributed by atoms with van der Waals surface area (Å²) in [6.45, 7) is 6.07. The highest BCUT2D eigenvalue weighted by Gasteiger charge is 2.25. The Balaban J connectivity index is 1.64. The summed E-state index contributed by atoms with van der Waals surface area (Å²) in [5.41, 5.74) is 0. The predicted molar refractivity (Wildman–Crippen MR) is 67.7 cm³/mol. The second-order valence-electron chi connectivity index (χ2n) is 4.79. The van der Waals surface area contributed by atoms with Gasteiger partial charge in [0.25, 0.3) is 0 Å². The molecule has 1 N–H and O–H groups in total. The van der Waals surface area contributed by atoms with E-state index in [4.69, 9.17) is 0 Å². The fourth-order valence-electron chi connectivity index (χ4n) is 1.98. The molecule has 0 bridgehead atoms. The Morgan fingerprint density at radius 3 is 3.06 bits per heavy atom. The van der Waals surface area contributed by atoms with Crippen LogP contribution in [0, 0.1) is 0 Å². The second-order valence-corrected chi connectivity index (χ2v) is 4.79. The number of hydrogen-bond donors (Lipinski definition) is 1. The minimum atomic E-state index is 0.818. The van der Waals surface area contributed by atoms with Crippen molar-refractivity contribution in [3.05, 3.63) is 12.2 Å². The van der Waals surface area contributed by atoms with Gasteiger partial charge in [-0.25, -0.2) is 9.67 Å². The fourth-order valence-corrected chi connectivity index (χ4v) is 1.98. The first kappa shape index (κ1) is 12.5. The van der Waals surface area contributed by atoms with Crippen molar-refractivity contribution in [3.63, 3.8) is 0 Å². The minimum Gasteiger partial charge on any atom is -0.309 e. The molecule has 0 spiro atoms. The van der Waals surface area contributed by atoms with Gasteiger partial charge in [-0.05, 0) is 26.3 Å². The molecule has 1 fully saturated rings. The molecule has 1 aromatic heterocycles. The number of nitrogens with zero attached hydrogens (tertiary/aromatic N) is 4. The third-order valence-electron chi connectivity index (χ3n) is 3.23. The van der Waals surface area contributed by atoms with Crippen molar-refractivity contribution in [2.75, 3.05) is 20.1 Å². The van der Waals surface area contributed by atoms with Gasteiger partial charge in [-0.15, -0.1) is 0 Å². The van der Waals surface area contributed by atoms with Gasteiger partial charge in [-0.2, -0.15) is 5.10 Å². The van der Waals surface area contributed by atoms with Gasteiger partial charge in [-0.3, -0.25) is 0 Å². The van der Waals surface area contributed by atoms with Crippen LogP contribution in [0.25, 0.3) is 0 Å². The predicted octanol–water partition coefficient (Wildman–Crippen LogP) is 0.872. The van der Waals surface area contributed by atoms with Crippen molar-refractivity contribution in [2.24, 2.45) is 0 Å². The van der Waals surface area contributed by atoms with E-state index in [2.05, 4.69) is 34.3 Å². The van der Waals surface area contributed by atoms with E-state index in [1.54, 1.807) is 6.33 Å². The second kappa shape index (κ2) is 6.12. The van der Waals surface area contributed by atoms with Crippen LogP contribution < -0.4 is 5.32 Å². The van der Waals surface area contributed by atoms with Crippen molar-refractivity contribution in [1.82, 2.24) is 25.0 Å². The maximum Gasteiger partial charge on any atom is 0.140 e. The molecule has 96 valence electrons. The van der Waals surface area contributed by atoms with E-state index in [1.165, 1.54) is 12.8 Å². The van der Waals surface area contributed by atoms with Crippen LogP contribution in [0.4, 0.5) is 0 Å². The quantitative estimate of drug-likeness (QED) is 0.682. The Labute approximate surface area is 103 Å². The van der Waals surface area contributed by atoms with Crippen LogP contribution in [0.2, 0.25) is 0 Å². The van der Waals surface area contributed by atoms with Crippen molar-refractivity contribution in [2.45, 2.75) is 45.3 Å². The first-order valence-corrected chi connectivity index (χ1v) is 6.59. The molecule has 1 aromatic rings. The van der Waals surface area contributed by atoms with Gasteiger partial charge in [0.1, 0.15) is 12.2 Å². The molecular weight excluding hydrogens is 214 g/mol. The average Bonchev–Trinajstić information content (AvgIpc) is 3.08. The summed E-state index contributed by atoms with van der Waals surface area (Å²) in [5.74, 6) is 1.04. The molecule has 5 nitrogen and oxygen atoms in total. The lowest BCUT2D eigenvalue weighted by atomic mass is 10.4. The molecule has 5 heteroatoms. The highest BCUT2D eigenvalue weighted by Crippen LogP contribution is 2.24. The van der Waals surface area contributed by atoms with Gasteiger partial charge in [-0.1, -0.05) is 6.92 Å². The van der Waals surface area contributed by atoms with Crippen molar-refractivity contribution in [3.8, 4) is 0 Å². The molecule has 2 rings (SSSR count). The molecule has 0 radical (unpaired) electrons. The molecular formula is C12H23N5. The summed E-state index contributed by atoms with van der Waals surface area (Å²) >= 11 is 0. The van der Waals surface area contributed by atoms with Crippen LogP contribution in [0.3, 0.4) is 0 Å². The van der Waals surface area contributed by atoms with Crippen LogP contribution in [-0.4, -0.2) is 45.8 Å². The summed E-state index contributed by atoms with van der Waals surface area (Å²) in [4.78, 5) is 6.71. The number of nitrogens with one attached hydrogen (secondary N) is 1. The van der Waals surface area contributed by atoms with Crippen molar-refractivity contribution >= 4 is 0 Å². The zero-order valence-corrected chi connectivity index (χ0v) is 10.9. The molecule has 1 saturated carbocycles. The van der Waals surface area contributed by atoms with E-state index in [-0.39, 0.29) is 0 Å². The lowest BCUT2D eigenvalue weighted by molar-refractivity contribution is 0.320. The maximum absolute atomic E-state index is 4.27. The molecule has 1 heterocycles. The van der Waals surface area contributed by atoms with E-state index < -0.39 is 0 Å². The third kappa shape index (κ3) is 3.78. The van der Waals surface area contributed by atoms with Crippen molar-refractivity contribution in [1.29, 1.82) is 0 Å². The molecule has 0 aromatic carbocycles. The van der Waals surface area contributed by atoms with Gasteiger partial charge < -0.3 is 10.2 Å². The number of aryl methyl sites for hydroxylation is 1. The largest absolute Gasteiger partial charge is 0.309 e. The number of likely N-dealkylation sites (N-methyl/N-ethyl adjacent to an activating group) is 1. The molecule has 0 aliphatic heterocycles. The molecule has 0 atom stereocenters. The zero-order valence-electron chi connectivity index (χ0n) is 10.9. The summed E-state index contributed by atoms with van der Waals surface area (Å²) in [7, 11) is 2.21. The Bertz CT molecular complexity index is 331. The topological polar surface area (TPSA) is 46.0 Å². The smallest absolute Gasteiger partial charge is 0.140 e. The number of aromatic nitrogens is 3. The van der Waals surface area contributed by atoms with Gasteiger partial charge in [0.15, 0.2) is 0 Å². The molecule has 0 saturated heterocycles. The Morgan fingerprint density at radius 1 is 1.53 bits per heavy atom. The summed E-state index contributed by atoms with van der Waals surface area (Å²) in [6.07, 6.45) is 5.49. The summed E-state index contributed by atoms with van der Waals surface area (Å²) in [6, 6.07) is 0.848. The van der Waals surface area contributed by atoms with E-state index >= 15 is 0 Å². The lowest BCUT2D eigenvalue weighted by Gasteiger charge is -2.15. The zero-order chi connectivity index (χ0) is 12.1. The average molecular weight is 237 g/mol. The SMILES string of the molecule is CCCn1ncnc1CNCCN(C)C1CC1. The Kier molecular flexibility index (Phi) is 4.50. The fraction of sp³-hybridized carbons (Fsp3) is 0.833. The lowest BCUT2D eigenvalue weighted by Crippen LogP contribution is -2.31. The van der Waals surface area contributed by atoms with Crippen LogP contribution in [0.5, 0.6) is 0 Å². The van der Waals surface area contributed by atoms with Gasteiger partial charge in [0.05, 0.1) is 6.54 Å². The summed E-state index contributed by atoms with van der Waals surface area (Å²) < 4.78 is 1.98. The van der Waals surface area contributed by atoms with E-state index in [0.29, 0.717) is 0 Å². The van der Waals surface area contributed by atoms with Crippen molar-refractivity contribution < 1.29 is 0 Å². The molecule has 1 aliphatic carbocycles. The van der Waals surface area contributed by atoms with E-state index in [9.17, 15) is 0 Å². The summed E-state index contributed by atoms with van der Waals surface area (Å²) in [5, 5.41) is 7.65. The first-order chi connectivity index (χ1) is 8.31.